The maximum atomic E-state index is 12.7. The maximum Gasteiger partial charge on any atom is 0.276 e. The molecule has 0 fully saturated rings. The van der Waals surface area contributed by atoms with E-state index in [4.69, 9.17) is 5.11 Å². The summed E-state index contributed by atoms with van der Waals surface area (Å²) in [5.74, 6) is 0. The third-order valence-electron chi connectivity index (χ3n) is 4.35. The number of aryl methyl sites for hydroxylation is 4. The molecule has 2 aromatic heterocycles. The molecular weight excluding hydrogens is 290 g/mol. The van der Waals surface area contributed by atoms with Crippen molar-refractivity contribution in [2.24, 2.45) is 0 Å². The Balaban J connectivity index is 2.41. The van der Waals surface area contributed by atoms with Crippen LogP contribution in [0.4, 0.5) is 0 Å². The first-order valence-corrected chi connectivity index (χ1v) is 7.74. The molecule has 3 aromatic rings. The summed E-state index contributed by atoms with van der Waals surface area (Å²) in [6.45, 7) is 7.85. The van der Waals surface area contributed by atoms with Crippen LogP contribution in [-0.2, 0) is 6.42 Å². The molecule has 5 heteroatoms. The number of aliphatic hydroxyl groups is 1. The van der Waals surface area contributed by atoms with E-state index in [0.29, 0.717) is 23.3 Å². The van der Waals surface area contributed by atoms with Crippen molar-refractivity contribution in [2.45, 2.75) is 34.1 Å². The van der Waals surface area contributed by atoms with Crippen LogP contribution in [0, 0.1) is 27.7 Å². The van der Waals surface area contributed by atoms with E-state index in [9.17, 15) is 4.79 Å². The second kappa shape index (κ2) is 5.66. The van der Waals surface area contributed by atoms with E-state index in [1.54, 1.807) is 0 Å². The lowest BCUT2D eigenvalue weighted by Crippen LogP contribution is -2.22. The van der Waals surface area contributed by atoms with E-state index in [1.807, 2.05) is 19.9 Å². The Morgan fingerprint density at radius 2 is 1.78 bits per heavy atom. The number of nitrogens with one attached hydrogen (secondary N) is 1. The predicted molar refractivity (Wildman–Crippen MR) is 91.0 cm³/mol. The van der Waals surface area contributed by atoms with Gasteiger partial charge in [0.25, 0.3) is 5.56 Å². The van der Waals surface area contributed by atoms with E-state index in [0.717, 1.165) is 27.9 Å². The molecule has 0 aliphatic heterocycles. The van der Waals surface area contributed by atoms with Gasteiger partial charge in [-0.05, 0) is 44.4 Å². The Kier molecular flexibility index (Phi) is 3.82. The zero-order chi connectivity index (χ0) is 16.7. The van der Waals surface area contributed by atoms with Crippen LogP contribution in [0.2, 0.25) is 0 Å². The molecule has 0 unspecified atom stereocenters. The van der Waals surface area contributed by atoms with E-state index in [1.165, 1.54) is 4.52 Å². The van der Waals surface area contributed by atoms with Gasteiger partial charge in [0.1, 0.15) is 0 Å². The van der Waals surface area contributed by atoms with Gasteiger partial charge in [0.2, 0.25) is 0 Å². The van der Waals surface area contributed by atoms with Crippen LogP contribution in [-0.4, -0.2) is 26.3 Å². The van der Waals surface area contributed by atoms with Gasteiger partial charge < -0.3 is 5.11 Å². The molecule has 1 aromatic carbocycles. The van der Waals surface area contributed by atoms with Crippen molar-refractivity contribution in [3.05, 3.63) is 56.6 Å². The predicted octanol–water partition coefficient (Wildman–Crippen LogP) is 2.46. The summed E-state index contributed by atoms with van der Waals surface area (Å²) in [5.41, 5.74) is 7.04. The van der Waals surface area contributed by atoms with E-state index in [2.05, 4.69) is 36.1 Å². The van der Waals surface area contributed by atoms with Crippen molar-refractivity contribution in [2.75, 3.05) is 6.61 Å². The Morgan fingerprint density at radius 1 is 1.13 bits per heavy atom. The van der Waals surface area contributed by atoms with Gasteiger partial charge in [0.05, 0.1) is 0 Å². The topological polar surface area (TPSA) is 70.4 Å². The van der Waals surface area contributed by atoms with Crippen molar-refractivity contribution in [1.82, 2.24) is 14.6 Å². The minimum atomic E-state index is -0.137. The van der Waals surface area contributed by atoms with Crippen LogP contribution < -0.4 is 5.56 Å². The van der Waals surface area contributed by atoms with Crippen molar-refractivity contribution in [3.63, 3.8) is 0 Å². The smallest absolute Gasteiger partial charge is 0.276 e. The molecule has 2 heterocycles. The molecule has 120 valence electrons. The van der Waals surface area contributed by atoms with Crippen LogP contribution in [0.1, 0.15) is 28.1 Å². The molecule has 3 rings (SSSR count). The number of benzene rings is 1. The van der Waals surface area contributed by atoms with Crippen LogP contribution in [0.15, 0.2) is 23.0 Å². The minimum absolute atomic E-state index is 0.0622. The normalized spacial score (nSPS) is 11.3. The molecule has 23 heavy (non-hydrogen) atoms. The summed E-state index contributed by atoms with van der Waals surface area (Å²) >= 11 is 0. The molecule has 0 bridgehead atoms. The summed E-state index contributed by atoms with van der Waals surface area (Å²) in [6.07, 6.45) is 0.317. The fourth-order valence-electron chi connectivity index (χ4n) is 3.23. The van der Waals surface area contributed by atoms with Gasteiger partial charge in [0, 0.05) is 35.5 Å². The second-order valence-electron chi connectivity index (χ2n) is 5.99. The van der Waals surface area contributed by atoms with Crippen molar-refractivity contribution in [3.8, 4) is 11.1 Å². The highest BCUT2D eigenvalue weighted by Crippen LogP contribution is 2.32. The molecule has 0 spiro atoms. The fourth-order valence-corrected chi connectivity index (χ4v) is 3.23. The summed E-state index contributed by atoms with van der Waals surface area (Å²) in [6, 6.07) is 6.16. The third-order valence-corrected chi connectivity index (χ3v) is 4.35. The Morgan fingerprint density at radius 3 is 2.39 bits per heavy atom. The van der Waals surface area contributed by atoms with Gasteiger partial charge in [0.15, 0.2) is 5.65 Å². The number of nitrogens with zero attached hydrogens (tertiary/aromatic N) is 2. The lowest BCUT2D eigenvalue weighted by molar-refractivity contribution is 0.298. The molecule has 0 saturated heterocycles. The SMILES string of the molecule is Cc1cccc(C)c1-c1c(C)[nH]n2c(=O)c(CCO)c(C)nc12. The zero-order valence-corrected chi connectivity index (χ0v) is 13.9. The van der Waals surface area contributed by atoms with Gasteiger partial charge >= 0.3 is 0 Å². The van der Waals surface area contributed by atoms with Gasteiger partial charge in [-0.1, -0.05) is 18.2 Å². The molecular formula is C18H21N3O2. The first kappa shape index (κ1) is 15.5. The van der Waals surface area contributed by atoms with Crippen molar-refractivity contribution >= 4 is 5.65 Å². The van der Waals surface area contributed by atoms with Gasteiger partial charge in [-0.25, -0.2) is 9.50 Å². The molecule has 0 radical (unpaired) electrons. The number of hydrogen-bond donors (Lipinski definition) is 2. The average Bonchev–Trinajstić information content (AvgIpc) is 2.81. The standard InChI is InChI=1S/C18H21N3O2/c1-10-6-5-7-11(2)15(10)16-13(4)20-21-17(16)19-12(3)14(8-9-22)18(21)23/h5-7,20,22H,8-9H2,1-4H3. The molecule has 0 aliphatic rings. The minimum Gasteiger partial charge on any atom is -0.396 e. The molecule has 0 saturated carbocycles. The first-order valence-electron chi connectivity index (χ1n) is 7.74. The monoisotopic (exact) mass is 311 g/mol. The van der Waals surface area contributed by atoms with E-state index in [-0.39, 0.29) is 12.2 Å². The highest BCUT2D eigenvalue weighted by Gasteiger charge is 2.19. The van der Waals surface area contributed by atoms with Crippen LogP contribution in [0.3, 0.4) is 0 Å². The molecule has 0 atom stereocenters. The highest BCUT2D eigenvalue weighted by molar-refractivity contribution is 5.83. The third kappa shape index (κ3) is 2.37. The Labute approximate surface area is 134 Å². The lowest BCUT2D eigenvalue weighted by atomic mass is 9.96. The maximum absolute atomic E-state index is 12.7. The van der Waals surface area contributed by atoms with E-state index >= 15 is 0 Å². The average molecular weight is 311 g/mol. The van der Waals surface area contributed by atoms with E-state index < -0.39 is 0 Å². The second-order valence-corrected chi connectivity index (χ2v) is 5.99. The van der Waals surface area contributed by atoms with Crippen LogP contribution in [0.25, 0.3) is 16.8 Å². The number of aromatic amines is 1. The molecule has 5 nitrogen and oxygen atoms in total. The number of fused-ring (bicyclic) bond motifs is 1. The fraction of sp³-hybridized carbons (Fsp3) is 0.333. The summed E-state index contributed by atoms with van der Waals surface area (Å²) in [4.78, 5) is 17.3. The Hall–Kier alpha value is -2.40. The van der Waals surface area contributed by atoms with Crippen molar-refractivity contribution < 1.29 is 5.11 Å². The number of aromatic nitrogens is 3. The van der Waals surface area contributed by atoms with Crippen molar-refractivity contribution in [1.29, 1.82) is 0 Å². The van der Waals surface area contributed by atoms with Crippen LogP contribution >= 0.6 is 0 Å². The van der Waals surface area contributed by atoms with Gasteiger partial charge in [-0.3, -0.25) is 9.89 Å². The molecule has 2 N–H and O–H groups in total. The molecule has 0 amide bonds. The quantitative estimate of drug-likeness (QED) is 0.780. The molecule has 0 aliphatic carbocycles. The number of aliphatic hydroxyl groups excluding tert-OH is 1. The lowest BCUT2D eigenvalue weighted by Gasteiger charge is -2.10. The summed E-state index contributed by atoms with van der Waals surface area (Å²) < 4.78 is 1.49. The largest absolute Gasteiger partial charge is 0.396 e. The number of rotatable bonds is 3. The van der Waals surface area contributed by atoms with Gasteiger partial charge in [-0.2, -0.15) is 0 Å². The summed E-state index contributed by atoms with van der Waals surface area (Å²) in [7, 11) is 0. The zero-order valence-electron chi connectivity index (χ0n) is 13.9. The first-order chi connectivity index (χ1) is 11.0. The van der Waals surface area contributed by atoms with Crippen LogP contribution in [0.5, 0.6) is 0 Å². The number of H-pyrrole nitrogens is 1. The Bertz CT molecular complexity index is 931. The highest BCUT2D eigenvalue weighted by atomic mass is 16.3. The van der Waals surface area contributed by atoms with Gasteiger partial charge in [-0.15, -0.1) is 0 Å². The summed E-state index contributed by atoms with van der Waals surface area (Å²) in [5, 5.41) is 12.3. The number of hydrogen-bond acceptors (Lipinski definition) is 3.